The molecule has 0 radical (unpaired) electrons. The zero-order valence-corrected chi connectivity index (χ0v) is 15.8. The van der Waals surface area contributed by atoms with Crippen LogP contribution in [0.4, 0.5) is 0 Å². The van der Waals surface area contributed by atoms with Crippen molar-refractivity contribution in [3.8, 4) is 28.2 Å². The van der Waals surface area contributed by atoms with Crippen molar-refractivity contribution < 1.29 is 0 Å². The maximum atomic E-state index is 13.2. The molecule has 2 aromatic heterocycles. The summed E-state index contributed by atoms with van der Waals surface area (Å²) >= 11 is 0. The van der Waals surface area contributed by atoms with Crippen molar-refractivity contribution in [1.29, 1.82) is 0 Å². The summed E-state index contributed by atoms with van der Waals surface area (Å²) in [4.78, 5) is 35.3. The molecular formula is C24H16N4O2. The van der Waals surface area contributed by atoms with Crippen molar-refractivity contribution in [2.75, 3.05) is 0 Å². The second kappa shape index (κ2) is 7.25. The smallest absolute Gasteiger partial charge is 0.266 e. The fraction of sp³-hybridized carbons (Fsp3) is 0. The number of nitrogens with zero attached hydrogens (tertiary/aromatic N) is 3. The van der Waals surface area contributed by atoms with Crippen LogP contribution in [0.5, 0.6) is 0 Å². The molecule has 0 atom stereocenters. The fourth-order valence-electron chi connectivity index (χ4n) is 3.41. The Morgan fingerprint density at radius 1 is 0.600 bits per heavy atom. The zero-order valence-electron chi connectivity index (χ0n) is 15.8. The highest BCUT2D eigenvalue weighted by molar-refractivity contribution is 5.85. The van der Waals surface area contributed by atoms with Crippen molar-refractivity contribution in [3.63, 3.8) is 0 Å². The van der Waals surface area contributed by atoms with Crippen LogP contribution in [0, 0.1) is 0 Å². The van der Waals surface area contributed by atoms with Gasteiger partial charge in [0.1, 0.15) is 0 Å². The molecule has 2 heterocycles. The van der Waals surface area contributed by atoms with Crippen LogP contribution in [0.1, 0.15) is 0 Å². The first-order chi connectivity index (χ1) is 14.7. The van der Waals surface area contributed by atoms with Gasteiger partial charge in [-0.1, -0.05) is 78.9 Å². The molecule has 0 bridgehead atoms. The molecule has 0 aliphatic carbocycles. The van der Waals surface area contributed by atoms with E-state index < -0.39 is 11.1 Å². The van der Waals surface area contributed by atoms with Crippen LogP contribution in [0.25, 0.3) is 39.2 Å². The third-order valence-corrected chi connectivity index (χ3v) is 4.84. The van der Waals surface area contributed by atoms with Gasteiger partial charge in [-0.15, -0.1) is 0 Å². The average Bonchev–Trinajstić information content (AvgIpc) is 2.82. The normalized spacial score (nSPS) is 10.9. The number of hydrogen-bond donors (Lipinski definition) is 1. The molecule has 0 amide bonds. The number of H-pyrrole nitrogens is 1. The van der Waals surface area contributed by atoms with Crippen molar-refractivity contribution >= 4 is 11.0 Å². The molecule has 0 aliphatic heterocycles. The van der Waals surface area contributed by atoms with Crippen LogP contribution in [-0.2, 0) is 0 Å². The van der Waals surface area contributed by atoms with Crippen LogP contribution >= 0.6 is 0 Å². The van der Waals surface area contributed by atoms with Gasteiger partial charge in [-0.05, 0) is 12.1 Å². The van der Waals surface area contributed by atoms with E-state index in [1.54, 1.807) is 24.3 Å². The number of nitrogens with one attached hydrogen (secondary N) is 1. The van der Waals surface area contributed by atoms with Crippen molar-refractivity contribution in [3.05, 3.63) is 112 Å². The van der Waals surface area contributed by atoms with E-state index in [-0.39, 0.29) is 11.0 Å². The molecule has 0 saturated carbocycles. The van der Waals surface area contributed by atoms with E-state index in [4.69, 9.17) is 0 Å². The number of aromatic amines is 1. The maximum Gasteiger partial charge on any atom is 0.298 e. The summed E-state index contributed by atoms with van der Waals surface area (Å²) in [6.07, 6.45) is 0. The Bertz CT molecular complexity index is 1460. The molecule has 6 nitrogen and oxygen atoms in total. The Morgan fingerprint density at radius 2 is 1.07 bits per heavy atom. The molecule has 30 heavy (non-hydrogen) atoms. The monoisotopic (exact) mass is 392 g/mol. The van der Waals surface area contributed by atoms with Gasteiger partial charge in [-0.3, -0.25) is 14.7 Å². The Morgan fingerprint density at radius 3 is 1.60 bits per heavy atom. The van der Waals surface area contributed by atoms with Gasteiger partial charge in [-0.25, -0.2) is 14.6 Å². The topological polar surface area (TPSA) is 80.6 Å². The number of para-hydroxylation sites is 1. The van der Waals surface area contributed by atoms with E-state index in [0.29, 0.717) is 17.1 Å². The minimum atomic E-state index is -0.474. The second-order valence-corrected chi connectivity index (χ2v) is 6.77. The van der Waals surface area contributed by atoms with E-state index >= 15 is 0 Å². The number of aromatic nitrogens is 4. The zero-order chi connectivity index (χ0) is 20.5. The molecule has 0 aliphatic rings. The summed E-state index contributed by atoms with van der Waals surface area (Å²) in [5.74, 6) is 0. The van der Waals surface area contributed by atoms with Crippen LogP contribution in [0.3, 0.4) is 0 Å². The predicted molar refractivity (Wildman–Crippen MR) is 117 cm³/mol. The quantitative estimate of drug-likeness (QED) is 0.506. The highest BCUT2D eigenvalue weighted by Gasteiger charge is 2.18. The van der Waals surface area contributed by atoms with Crippen LogP contribution in [-0.4, -0.2) is 19.7 Å². The highest BCUT2D eigenvalue weighted by atomic mass is 16.2. The molecule has 144 valence electrons. The number of benzene rings is 3. The van der Waals surface area contributed by atoms with Gasteiger partial charge in [0.25, 0.3) is 11.1 Å². The van der Waals surface area contributed by atoms with Crippen molar-refractivity contribution in [2.45, 2.75) is 0 Å². The molecule has 0 spiro atoms. The molecule has 3 aromatic carbocycles. The first-order valence-corrected chi connectivity index (χ1v) is 9.46. The van der Waals surface area contributed by atoms with Gasteiger partial charge < -0.3 is 0 Å². The summed E-state index contributed by atoms with van der Waals surface area (Å²) in [5.41, 5.74) is 2.43. The fourth-order valence-corrected chi connectivity index (χ4v) is 3.41. The molecule has 5 aromatic rings. The number of rotatable bonds is 3. The van der Waals surface area contributed by atoms with Gasteiger partial charge in [0.15, 0.2) is 11.0 Å². The molecule has 5 rings (SSSR count). The summed E-state index contributed by atoms with van der Waals surface area (Å²) in [5, 5.41) is 2.62. The Kier molecular flexibility index (Phi) is 4.29. The van der Waals surface area contributed by atoms with Gasteiger partial charge in [0.05, 0.1) is 17.1 Å². The Hall–Kier alpha value is -4.32. The summed E-state index contributed by atoms with van der Waals surface area (Å²) in [6, 6.07) is 28.0. The minimum Gasteiger partial charge on any atom is -0.266 e. The van der Waals surface area contributed by atoms with Crippen LogP contribution < -0.4 is 11.1 Å². The minimum absolute atomic E-state index is 0.0192. The lowest BCUT2D eigenvalue weighted by atomic mass is 10.0. The molecular weight excluding hydrogens is 376 g/mol. The third kappa shape index (κ3) is 3.00. The standard InChI is InChI=1S/C24H16N4O2/c29-23-21-22(24(30)28(27-23)18-14-8-3-9-15-18)26-20(17-12-6-2-7-13-17)19(25-21)16-10-4-1-5-11-16/h1-15H,(H,27,29). The molecule has 6 heteroatoms. The number of fused-ring (bicyclic) bond motifs is 1. The average molecular weight is 392 g/mol. The van der Waals surface area contributed by atoms with Gasteiger partial charge in [0.2, 0.25) is 0 Å². The summed E-state index contributed by atoms with van der Waals surface area (Å²) in [7, 11) is 0. The molecule has 0 fully saturated rings. The van der Waals surface area contributed by atoms with E-state index in [1.807, 2.05) is 66.7 Å². The largest absolute Gasteiger partial charge is 0.298 e. The second-order valence-electron chi connectivity index (χ2n) is 6.77. The lowest BCUT2D eigenvalue weighted by Crippen LogP contribution is -2.30. The first kappa shape index (κ1) is 17.8. The van der Waals surface area contributed by atoms with Gasteiger partial charge in [0, 0.05) is 11.1 Å². The van der Waals surface area contributed by atoms with E-state index in [0.717, 1.165) is 11.1 Å². The Labute approximate surface area is 171 Å². The maximum absolute atomic E-state index is 13.2. The van der Waals surface area contributed by atoms with E-state index in [1.165, 1.54) is 4.68 Å². The lowest BCUT2D eigenvalue weighted by molar-refractivity contribution is 0.796. The summed E-state index contributed by atoms with van der Waals surface area (Å²) in [6.45, 7) is 0. The van der Waals surface area contributed by atoms with E-state index in [9.17, 15) is 9.59 Å². The number of hydrogen-bond acceptors (Lipinski definition) is 4. The van der Waals surface area contributed by atoms with Crippen LogP contribution in [0.15, 0.2) is 101 Å². The Balaban J connectivity index is 1.87. The predicted octanol–water partition coefficient (Wildman–Crippen LogP) is 3.80. The molecule has 1 N–H and O–H groups in total. The van der Waals surface area contributed by atoms with Crippen LogP contribution in [0.2, 0.25) is 0 Å². The summed E-state index contributed by atoms with van der Waals surface area (Å²) < 4.78 is 1.20. The first-order valence-electron chi connectivity index (χ1n) is 9.46. The SMILES string of the molecule is O=c1[nH]n(-c2ccccc2)c(=O)c2nc(-c3ccccc3)c(-c3ccccc3)nc12. The molecule has 0 unspecified atom stereocenters. The molecule has 0 saturated heterocycles. The van der Waals surface area contributed by atoms with Gasteiger partial charge in [-0.2, -0.15) is 0 Å². The van der Waals surface area contributed by atoms with E-state index in [2.05, 4.69) is 15.1 Å². The van der Waals surface area contributed by atoms with Crippen molar-refractivity contribution in [2.24, 2.45) is 0 Å². The third-order valence-electron chi connectivity index (χ3n) is 4.84. The lowest BCUT2D eigenvalue weighted by Gasteiger charge is -2.11. The van der Waals surface area contributed by atoms with Crippen molar-refractivity contribution in [1.82, 2.24) is 19.7 Å². The van der Waals surface area contributed by atoms with Gasteiger partial charge >= 0.3 is 0 Å². The highest BCUT2D eigenvalue weighted by Crippen LogP contribution is 2.29.